The van der Waals surface area contributed by atoms with Crippen LogP contribution in [-0.4, -0.2) is 31.1 Å². The summed E-state index contributed by atoms with van der Waals surface area (Å²) in [4.78, 5) is 27.2. The Bertz CT molecular complexity index is 679. The zero-order valence-corrected chi connectivity index (χ0v) is 13.3. The fourth-order valence-electron chi connectivity index (χ4n) is 1.56. The molecule has 1 aromatic heterocycles. The molecule has 0 unspecified atom stereocenters. The van der Waals surface area contributed by atoms with Gasteiger partial charge in [0.1, 0.15) is 0 Å². The normalized spacial score (nSPS) is 10.3. The lowest BCUT2D eigenvalue weighted by Gasteiger charge is -1.99. The summed E-state index contributed by atoms with van der Waals surface area (Å²) in [5, 5.41) is 0.346. The predicted octanol–water partition coefficient (Wildman–Crippen LogP) is 3.33. The molecule has 0 bridgehead atoms. The summed E-state index contributed by atoms with van der Waals surface area (Å²) in [6.07, 6.45) is 0. The number of oxazole rings is 1. The van der Waals surface area contributed by atoms with E-state index in [0.29, 0.717) is 10.6 Å². The van der Waals surface area contributed by atoms with Crippen LogP contribution >= 0.6 is 27.5 Å². The fourth-order valence-corrected chi connectivity index (χ4v) is 2.32. The SMILES string of the molecule is COC(=O)c1nc(-c2ccc(Br)cc2Cl)oc1C(=O)OC. The lowest BCUT2D eigenvalue weighted by Crippen LogP contribution is -2.10. The quantitative estimate of drug-likeness (QED) is 0.767. The molecule has 1 aromatic carbocycles. The van der Waals surface area contributed by atoms with Crippen LogP contribution in [0.1, 0.15) is 21.0 Å². The summed E-state index contributed by atoms with van der Waals surface area (Å²) in [7, 11) is 2.34. The Kier molecular flexibility index (Phi) is 4.64. The van der Waals surface area contributed by atoms with Gasteiger partial charge in [-0.1, -0.05) is 27.5 Å². The number of carbonyl (C=O) groups is 2. The van der Waals surface area contributed by atoms with Crippen LogP contribution in [-0.2, 0) is 9.47 Å². The number of rotatable bonds is 3. The molecule has 0 N–H and O–H groups in total. The van der Waals surface area contributed by atoms with E-state index in [0.717, 1.165) is 11.6 Å². The second-order valence-electron chi connectivity index (χ2n) is 3.80. The van der Waals surface area contributed by atoms with E-state index in [-0.39, 0.29) is 17.3 Å². The molecule has 0 radical (unpaired) electrons. The first-order valence-electron chi connectivity index (χ1n) is 5.60. The van der Waals surface area contributed by atoms with Crippen LogP contribution in [0.2, 0.25) is 5.02 Å². The number of esters is 2. The Morgan fingerprint density at radius 2 is 1.90 bits per heavy atom. The van der Waals surface area contributed by atoms with Crippen molar-refractivity contribution in [1.82, 2.24) is 4.98 Å². The zero-order chi connectivity index (χ0) is 15.6. The molecular formula is C13H9BrClNO5. The first-order chi connectivity index (χ1) is 9.97. The van der Waals surface area contributed by atoms with Gasteiger partial charge in [0, 0.05) is 4.47 Å². The van der Waals surface area contributed by atoms with Gasteiger partial charge in [0.2, 0.25) is 17.3 Å². The number of hydrogen-bond acceptors (Lipinski definition) is 6. The number of methoxy groups -OCH3 is 2. The van der Waals surface area contributed by atoms with E-state index in [4.69, 9.17) is 16.0 Å². The van der Waals surface area contributed by atoms with Gasteiger partial charge in [0.25, 0.3) is 0 Å². The summed E-state index contributed by atoms with van der Waals surface area (Å²) in [5.41, 5.74) is 0.165. The highest BCUT2D eigenvalue weighted by Crippen LogP contribution is 2.31. The third-order valence-electron chi connectivity index (χ3n) is 2.54. The van der Waals surface area contributed by atoms with Crippen LogP contribution in [0.25, 0.3) is 11.5 Å². The maximum absolute atomic E-state index is 11.6. The van der Waals surface area contributed by atoms with E-state index in [1.54, 1.807) is 18.2 Å². The van der Waals surface area contributed by atoms with E-state index < -0.39 is 11.9 Å². The minimum atomic E-state index is -0.831. The summed E-state index contributed by atoms with van der Waals surface area (Å²) < 4.78 is 15.2. The molecule has 2 aromatic rings. The van der Waals surface area contributed by atoms with E-state index in [2.05, 4.69) is 30.4 Å². The van der Waals surface area contributed by atoms with Crippen LogP contribution in [0.3, 0.4) is 0 Å². The number of carbonyl (C=O) groups excluding carboxylic acids is 2. The second-order valence-corrected chi connectivity index (χ2v) is 5.13. The third-order valence-corrected chi connectivity index (χ3v) is 3.34. The molecule has 0 aliphatic heterocycles. The average molecular weight is 375 g/mol. The standard InChI is InChI=1S/C13H9BrClNO5/c1-19-12(17)9-10(13(18)20-2)21-11(16-9)7-4-3-6(14)5-8(7)15/h3-5H,1-2H3. The van der Waals surface area contributed by atoms with Crippen molar-refractivity contribution in [2.75, 3.05) is 14.2 Å². The number of aromatic nitrogens is 1. The number of hydrogen-bond donors (Lipinski definition) is 0. The highest BCUT2D eigenvalue weighted by atomic mass is 79.9. The lowest BCUT2D eigenvalue weighted by molar-refractivity contribution is 0.0527. The van der Waals surface area contributed by atoms with E-state index in [1.165, 1.54) is 7.11 Å². The summed E-state index contributed by atoms with van der Waals surface area (Å²) >= 11 is 9.36. The smallest absolute Gasteiger partial charge is 0.376 e. The Morgan fingerprint density at radius 1 is 1.24 bits per heavy atom. The Hall–Kier alpha value is -1.86. The van der Waals surface area contributed by atoms with Crippen LogP contribution < -0.4 is 0 Å². The average Bonchev–Trinajstić information content (AvgIpc) is 2.90. The van der Waals surface area contributed by atoms with Gasteiger partial charge < -0.3 is 13.9 Å². The van der Waals surface area contributed by atoms with E-state index >= 15 is 0 Å². The molecule has 0 atom stereocenters. The number of ether oxygens (including phenoxy) is 2. The molecule has 0 aliphatic rings. The van der Waals surface area contributed by atoms with Crippen LogP contribution in [0.15, 0.2) is 27.1 Å². The highest BCUT2D eigenvalue weighted by Gasteiger charge is 2.28. The van der Waals surface area contributed by atoms with Gasteiger partial charge >= 0.3 is 11.9 Å². The molecule has 2 rings (SSSR count). The number of nitrogens with zero attached hydrogens (tertiary/aromatic N) is 1. The summed E-state index contributed by atoms with van der Waals surface area (Å²) in [6, 6.07) is 5.00. The zero-order valence-electron chi connectivity index (χ0n) is 11.0. The van der Waals surface area contributed by atoms with Crippen molar-refractivity contribution in [2.24, 2.45) is 0 Å². The van der Waals surface area contributed by atoms with Gasteiger partial charge in [-0.15, -0.1) is 0 Å². The van der Waals surface area contributed by atoms with Crippen molar-refractivity contribution in [3.63, 3.8) is 0 Å². The minimum absolute atomic E-state index is 0.0216. The van der Waals surface area contributed by atoms with Crippen molar-refractivity contribution in [2.45, 2.75) is 0 Å². The number of benzene rings is 1. The number of halogens is 2. The molecule has 6 nitrogen and oxygen atoms in total. The highest BCUT2D eigenvalue weighted by molar-refractivity contribution is 9.10. The first kappa shape index (κ1) is 15.5. The maximum Gasteiger partial charge on any atom is 0.376 e. The first-order valence-corrected chi connectivity index (χ1v) is 6.78. The molecule has 0 saturated carbocycles. The van der Waals surface area contributed by atoms with Crippen molar-refractivity contribution in [3.05, 3.63) is 39.1 Å². The molecule has 8 heteroatoms. The topological polar surface area (TPSA) is 78.6 Å². The van der Waals surface area contributed by atoms with Crippen molar-refractivity contribution < 1.29 is 23.5 Å². The molecule has 0 fully saturated rings. The van der Waals surface area contributed by atoms with E-state index in [9.17, 15) is 9.59 Å². The van der Waals surface area contributed by atoms with Gasteiger partial charge in [-0.3, -0.25) is 0 Å². The van der Waals surface area contributed by atoms with Crippen LogP contribution in [0, 0.1) is 0 Å². The van der Waals surface area contributed by atoms with Crippen LogP contribution in [0.4, 0.5) is 0 Å². The Labute approximate surface area is 133 Å². The van der Waals surface area contributed by atoms with Gasteiger partial charge in [-0.2, -0.15) is 0 Å². The third kappa shape index (κ3) is 3.08. The second kappa shape index (κ2) is 6.28. The van der Waals surface area contributed by atoms with Crippen molar-refractivity contribution in [1.29, 1.82) is 0 Å². The van der Waals surface area contributed by atoms with Crippen molar-refractivity contribution in [3.8, 4) is 11.5 Å². The summed E-state index contributed by atoms with van der Waals surface area (Å²) in [6.45, 7) is 0. The molecule has 1 heterocycles. The van der Waals surface area contributed by atoms with E-state index in [1.807, 2.05) is 0 Å². The van der Waals surface area contributed by atoms with Gasteiger partial charge in [0.05, 0.1) is 24.8 Å². The molecule has 21 heavy (non-hydrogen) atoms. The molecule has 0 spiro atoms. The Morgan fingerprint density at radius 3 is 2.48 bits per heavy atom. The minimum Gasteiger partial charge on any atom is -0.464 e. The monoisotopic (exact) mass is 373 g/mol. The fraction of sp³-hybridized carbons (Fsp3) is 0.154. The Balaban J connectivity index is 2.58. The van der Waals surface area contributed by atoms with Crippen molar-refractivity contribution >= 4 is 39.5 Å². The van der Waals surface area contributed by atoms with Gasteiger partial charge in [-0.25, -0.2) is 14.6 Å². The van der Waals surface area contributed by atoms with Gasteiger partial charge in [-0.05, 0) is 18.2 Å². The van der Waals surface area contributed by atoms with Crippen LogP contribution in [0.5, 0.6) is 0 Å². The molecule has 0 aliphatic carbocycles. The largest absolute Gasteiger partial charge is 0.464 e. The lowest BCUT2D eigenvalue weighted by atomic mass is 10.2. The predicted molar refractivity (Wildman–Crippen MR) is 77.3 cm³/mol. The molecule has 0 saturated heterocycles. The summed E-state index contributed by atoms with van der Waals surface area (Å²) in [5.74, 6) is -1.95. The molecule has 110 valence electrons. The maximum atomic E-state index is 11.6. The molecule has 0 amide bonds. The van der Waals surface area contributed by atoms with Gasteiger partial charge in [0.15, 0.2) is 0 Å². The molecular weight excluding hydrogens is 366 g/mol.